The van der Waals surface area contributed by atoms with Crippen LogP contribution in [-0.2, 0) is 32.1 Å². The minimum absolute atomic E-state index is 0.0544. The number of aliphatic hydroxyl groups excluding tert-OH is 1. The Bertz CT molecular complexity index is 1360. The van der Waals surface area contributed by atoms with Crippen LogP contribution < -0.4 is 21.5 Å². The summed E-state index contributed by atoms with van der Waals surface area (Å²) in [6, 6.07) is 14.1. The van der Waals surface area contributed by atoms with E-state index in [0.29, 0.717) is 35.6 Å². The van der Waals surface area contributed by atoms with Crippen molar-refractivity contribution in [3.8, 4) is 5.75 Å². The quantitative estimate of drug-likeness (QED) is 0.236. The van der Waals surface area contributed by atoms with Gasteiger partial charge in [-0.15, -0.1) is 0 Å². The molecule has 1 saturated heterocycles. The van der Waals surface area contributed by atoms with Gasteiger partial charge in [-0.1, -0.05) is 42.5 Å². The van der Waals surface area contributed by atoms with E-state index in [1.807, 2.05) is 70.7 Å². The van der Waals surface area contributed by atoms with Gasteiger partial charge in [0.1, 0.15) is 24.1 Å². The summed E-state index contributed by atoms with van der Waals surface area (Å²) in [6.45, 7) is 12.4. The molecule has 0 radical (unpaired) electrons. The zero-order valence-corrected chi connectivity index (χ0v) is 28.4. The summed E-state index contributed by atoms with van der Waals surface area (Å²) in [7, 11) is 0. The minimum Gasteiger partial charge on any atom is -0.488 e. The summed E-state index contributed by atoms with van der Waals surface area (Å²) in [4.78, 5) is 55.6. The molecule has 0 spiro atoms. The molecule has 1 aliphatic rings. The van der Waals surface area contributed by atoms with Crippen LogP contribution in [0.3, 0.4) is 0 Å². The lowest BCUT2D eigenvalue weighted by Gasteiger charge is -2.39. The molecule has 1 aliphatic heterocycles. The van der Waals surface area contributed by atoms with Gasteiger partial charge in [-0.25, -0.2) is 9.69 Å². The molecule has 4 atom stereocenters. The molecular formula is C35H51N5O7. The summed E-state index contributed by atoms with van der Waals surface area (Å²) >= 11 is 0. The maximum absolute atomic E-state index is 13.8. The summed E-state index contributed by atoms with van der Waals surface area (Å²) in [6.07, 6.45) is -2.93. The number of carbonyl (C=O) groups is 4. The van der Waals surface area contributed by atoms with E-state index in [0.717, 1.165) is 12.0 Å². The number of rotatable bonds is 13. The zero-order valence-electron chi connectivity index (χ0n) is 28.4. The molecule has 1 fully saturated rings. The topological polar surface area (TPSA) is 178 Å². The SMILES string of the molecule is CC(C)(C)Oc1ccc(CCC(O)C(NC(=O)[C@H]2CCCN2C(C)(C)C)N(C(=O)OCc2ccccc2)C(=O)[C@@H](N)CC(N)=O)cc1. The molecule has 0 aromatic heterocycles. The molecule has 4 amide bonds. The van der Waals surface area contributed by atoms with Gasteiger partial charge in [0.25, 0.3) is 5.91 Å². The Kier molecular flexibility index (Phi) is 12.9. The molecule has 2 aromatic carbocycles. The van der Waals surface area contributed by atoms with Crippen molar-refractivity contribution in [1.29, 1.82) is 0 Å². The maximum atomic E-state index is 13.8. The number of likely N-dealkylation sites (tertiary alicyclic amines) is 1. The molecule has 6 N–H and O–H groups in total. The first-order valence-corrected chi connectivity index (χ1v) is 16.1. The lowest BCUT2D eigenvalue weighted by atomic mass is 10.0. The smallest absolute Gasteiger partial charge is 0.418 e. The van der Waals surface area contributed by atoms with Crippen molar-refractivity contribution in [3.05, 3.63) is 65.7 Å². The van der Waals surface area contributed by atoms with Crippen LogP contribution in [0.1, 0.15) is 78.4 Å². The van der Waals surface area contributed by atoms with Gasteiger partial charge < -0.3 is 31.4 Å². The van der Waals surface area contributed by atoms with Crippen molar-refractivity contribution >= 4 is 23.8 Å². The average Bonchev–Trinajstić information content (AvgIpc) is 3.50. The van der Waals surface area contributed by atoms with Crippen LogP contribution in [0.4, 0.5) is 4.79 Å². The van der Waals surface area contributed by atoms with Crippen molar-refractivity contribution in [2.75, 3.05) is 6.54 Å². The number of imide groups is 1. The van der Waals surface area contributed by atoms with Gasteiger partial charge in [0.05, 0.1) is 24.6 Å². The van der Waals surface area contributed by atoms with E-state index in [1.165, 1.54) is 0 Å². The number of nitrogens with two attached hydrogens (primary N) is 2. The van der Waals surface area contributed by atoms with Crippen LogP contribution in [-0.4, -0.2) is 80.8 Å². The number of aryl methyl sites for hydroxylation is 1. The maximum Gasteiger partial charge on any atom is 0.418 e. The van der Waals surface area contributed by atoms with Crippen LogP contribution in [0, 0.1) is 0 Å². The molecule has 2 aromatic rings. The van der Waals surface area contributed by atoms with E-state index >= 15 is 0 Å². The molecule has 12 nitrogen and oxygen atoms in total. The number of primary amides is 1. The number of nitrogens with one attached hydrogen (secondary N) is 1. The Balaban J connectivity index is 1.93. The fourth-order valence-corrected chi connectivity index (χ4v) is 5.58. The van der Waals surface area contributed by atoms with E-state index in [4.69, 9.17) is 20.9 Å². The normalized spacial score (nSPS) is 17.3. The minimum atomic E-state index is -1.55. The lowest BCUT2D eigenvalue weighted by molar-refractivity contribution is -0.141. The molecule has 1 heterocycles. The predicted molar refractivity (Wildman–Crippen MR) is 178 cm³/mol. The number of hydrogen-bond donors (Lipinski definition) is 4. The van der Waals surface area contributed by atoms with Gasteiger partial charge >= 0.3 is 6.09 Å². The van der Waals surface area contributed by atoms with Crippen molar-refractivity contribution in [2.24, 2.45) is 11.5 Å². The summed E-state index contributed by atoms with van der Waals surface area (Å²) < 4.78 is 11.4. The fourth-order valence-electron chi connectivity index (χ4n) is 5.58. The van der Waals surface area contributed by atoms with Crippen LogP contribution >= 0.6 is 0 Å². The highest BCUT2D eigenvalue weighted by atomic mass is 16.6. The highest BCUT2D eigenvalue weighted by Crippen LogP contribution is 2.27. The molecule has 258 valence electrons. The predicted octanol–water partition coefficient (Wildman–Crippen LogP) is 3.23. The Morgan fingerprint density at radius 3 is 2.21 bits per heavy atom. The van der Waals surface area contributed by atoms with Crippen LogP contribution in [0.15, 0.2) is 54.6 Å². The van der Waals surface area contributed by atoms with Gasteiger partial charge in [0.2, 0.25) is 11.8 Å². The van der Waals surface area contributed by atoms with E-state index in [2.05, 4.69) is 5.32 Å². The summed E-state index contributed by atoms with van der Waals surface area (Å²) in [5.74, 6) is -1.64. The van der Waals surface area contributed by atoms with Gasteiger partial charge in [-0.2, -0.15) is 0 Å². The van der Waals surface area contributed by atoms with Crippen LogP contribution in [0.5, 0.6) is 5.75 Å². The van der Waals surface area contributed by atoms with Crippen LogP contribution in [0.2, 0.25) is 0 Å². The number of ether oxygens (including phenoxy) is 2. The molecule has 47 heavy (non-hydrogen) atoms. The van der Waals surface area contributed by atoms with E-state index in [1.54, 1.807) is 30.3 Å². The van der Waals surface area contributed by atoms with Crippen LogP contribution in [0.25, 0.3) is 0 Å². The molecule has 0 bridgehead atoms. The molecule has 0 saturated carbocycles. The van der Waals surface area contributed by atoms with Gasteiger partial charge in [0, 0.05) is 5.54 Å². The number of aliphatic hydroxyl groups is 1. The first-order valence-electron chi connectivity index (χ1n) is 16.1. The summed E-state index contributed by atoms with van der Waals surface area (Å²) in [5.41, 5.74) is 12.2. The van der Waals surface area contributed by atoms with E-state index < -0.39 is 54.6 Å². The third kappa shape index (κ3) is 11.3. The fraction of sp³-hybridized carbons (Fsp3) is 0.543. The van der Waals surface area contributed by atoms with Crippen molar-refractivity contribution < 1.29 is 33.8 Å². The van der Waals surface area contributed by atoms with Gasteiger partial charge in [-0.3, -0.25) is 19.3 Å². The third-order valence-corrected chi connectivity index (χ3v) is 7.80. The molecule has 12 heteroatoms. The lowest BCUT2D eigenvalue weighted by Crippen LogP contribution is -2.64. The average molecular weight is 654 g/mol. The van der Waals surface area contributed by atoms with Crippen molar-refractivity contribution in [2.45, 2.75) is 116 Å². The highest BCUT2D eigenvalue weighted by molar-refractivity contribution is 5.98. The second-order valence-electron chi connectivity index (χ2n) is 14.0. The van der Waals surface area contributed by atoms with E-state index in [9.17, 15) is 24.3 Å². The number of hydrogen-bond acceptors (Lipinski definition) is 9. The Morgan fingerprint density at radius 2 is 1.64 bits per heavy atom. The first kappa shape index (κ1) is 37.5. The Labute approximate surface area is 277 Å². The van der Waals surface area contributed by atoms with Crippen molar-refractivity contribution in [1.82, 2.24) is 15.1 Å². The molecular weight excluding hydrogens is 602 g/mol. The van der Waals surface area contributed by atoms with Gasteiger partial charge in [-0.05, 0) is 97.0 Å². The zero-order chi connectivity index (χ0) is 34.9. The Morgan fingerprint density at radius 1 is 1.00 bits per heavy atom. The second kappa shape index (κ2) is 16.2. The summed E-state index contributed by atoms with van der Waals surface area (Å²) in [5, 5.41) is 14.4. The molecule has 2 unspecified atom stereocenters. The monoisotopic (exact) mass is 653 g/mol. The third-order valence-electron chi connectivity index (χ3n) is 7.80. The molecule has 3 rings (SSSR count). The number of carbonyl (C=O) groups excluding carboxylic acids is 4. The second-order valence-corrected chi connectivity index (χ2v) is 14.0. The highest BCUT2D eigenvalue weighted by Gasteiger charge is 2.43. The first-order chi connectivity index (χ1) is 22.0. The number of nitrogens with zero attached hydrogens (tertiary/aromatic N) is 2. The number of benzene rings is 2. The number of amides is 4. The van der Waals surface area contributed by atoms with E-state index in [-0.39, 0.29) is 24.2 Å². The largest absolute Gasteiger partial charge is 0.488 e. The Hall–Kier alpha value is -4.00. The van der Waals surface area contributed by atoms with Gasteiger partial charge in [0.15, 0.2) is 0 Å². The van der Waals surface area contributed by atoms with Crippen molar-refractivity contribution in [3.63, 3.8) is 0 Å². The molecule has 0 aliphatic carbocycles. The standard InChI is InChI=1S/C35H51N5O7/c1-34(2,3)39-20-10-13-27(39)31(43)38-30(28(41)19-16-23-14-17-25(18-15-23)47-35(4,5)6)40(32(44)26(36)21-29(37)42)33(45)46-22-24-11-8-7-9-12-24/h7-9,11-12,14-15,17-18,26-28,30,41H,10,13,16,19-22,36H2,1-6H3,(H2,37,42)(H,38,43)/t26-,27+,28?,30?/m0/s1.